The van der Waals surface area contributed by atoms with Crippen molar-refractivity contribution >= 4 is 11.6 Å². The van der Waals surface area contributed by atoms with Crippen LogP contribution in [0.25, 0.3) is 0 Å². The first kappa shape index (κ1) is 16.1. The number of nitrogens with one attached hydrogen (secondary N) is 2. The van der Waals surface area contributed by atoms with Crippen LogP contribution in [-0.4, -0.2) is 35.4 Å². The van der Waals surface area contributed by atoms with E-state index in [-0.39, 0.29) is 5.91 Å². The zero-order valence-corrected chi connectivity index (χ0v) is 14.7. The molecule has 0 aliphatic heterocycles. The SMILES string of the molecule is COc1ccc([C@@H]2C[C@H]2NCC2CC2)cc1C(=O)Nc1cnn(C)c1. The van der Waals surface area contributed by atoms with Gasteiger partial charge >= 0.3 is 0 Å². The number of aryl methyl sites for hydroxylation is 1. The number of amides is 1. The number of anilines is 1. The highest BCUT2D eigenvalue weighted by Gasteiger charge is 2.39. The fourth-order valence-corrected chi connectivity index (χ4v) is 3.25. The molecule has 0 unspecified atom stereocenters. The van der Waals surface area contributed by atoms with Gasteiger partial charge in [0.05, 0.1) is 24.6 Å². The van der Waals surface area contributed by atoms with Gasteiger partial charge in [-0.25, -0.2) is 0 Å². The average Bonchev–Trinajstić information content (AvgIpc) is 3.52. The van der Waals surface area contributed by atoms with Crippen LogP contribution in [0.2, 0.25) is 0 Å². The first-order chi connectivity index (χ1) is 12.1. The Hall–Kier alpha value is -2.34. The van der Waals surface area contributed by atoms with Gasteiger partial charge in [-0.05, 0) is 49.4 Å². The second kappa shape index (κ2) is 6.52. The van der Waals surface area contributed by atoms with Gasteiger partial charge in [-0.1, -0.05) is 6.07 Å². The molecule has 6 nitrogen and oxygen atoms in total. The van der Waals surface area contributed by atoms with Gasteiger partial charge in [0, 0.05) is 25.2 Å². The third kappa shape index (κ3) is 3.69. The number of rotatable bonds is 7. The number of benzene rings is 1. The Balaban J connectivity index is 1.47. The number of carbonyl (C=O) groups excluding carboxylic acids is 1. The summed E-state index contributed by atoms with van der Waals surface area (Å²) in [6.07, 6.45) is 7.28. The van der Waals surface area contributed by atoms with Crippen molar-refractivity contribution in [2.24, 2.45) is 13.0 Å². The predicted molar refractivity (Wildman–Crippen MR) is 96.0 cm³/mol. The molecule has 2 atom stereocenters. The summed E-state index contributed by atoms with van der Waals surface area (Å²) in [6, 6.07) is 6.48. The van der Waals surface area contributed by atoms with E-state index in [0.717, 1.165) is 18.9 Å². The van der Waals surface area contributed by atoms with Gasteiger partial charge in [0.1, 0.15) is 5.75 Å². The molecule has 0 spiro atoms. The fraction of sp³-hybridized carbons (Fsp3) is 0.474. The lowest BCUT2D eigenvalue weighted by Gasteiger charge is -2.11. The maximum atomic E-state index is 12.7. The molecule has 4 rings (SSSR count). The van der Waals surface area contributed by atoms with Gasteiger partial charge in [-0.15, -0.1) is 0 Å². The van der Waals surface area contributed by atoms with E-state index in [0.29, 0.717) is 29.0 Å². The first-order valence-corrected chi connectivity index (χ1v) is 8.85. The molecule has 1 heterocycles. The third-order valence-corrected chi connectivity index (χ3v) is 5.02. The van der Waals surface area contributed by atoms with Crippen LogP contribution in [0.1, 0.15) is 41.1 Å². The molecule has 0 bridgehead atoms. The third-order valence-electron chi connectivity index (χ3n) is 5.02. The van der Waals surface area contributed by atoms with Gasteiger partial charge < -0.3 is 15.4 Å². The van der Waals surface area contributed by atoms with E-state index in [4.69, 9.17) is 4.74 Å². The molecule has 1 amide bonds. The second-order valence-corrected chi connectivity index (χ2v) is 7.12. The van der Waals surface area contributed by atoms with Crippen LogP contribution < -0.4 is 15.4 Å². The number of nitrogens with zero attached hydrogens (tertiary/aromatic N) is 2. The minimum atomic E-state index is -0.171. The summed E-state index contributed by atoms with van der Waals surface area (Å²) in [7, 11) is 3.41. The van der Waals surface area contributed by atoms with Crippen molar-refractivity contribution in [2.75, 3.05) is 19.0 Å². The van der Waals surface area contributed by atoms with Crippen molar-refractivity contribution in [3.8, 4) is 5.75 Å². The monoisotopic (exact) mass is 340 g/mol. The zero-order valence-electron chi connectivity index (χ0n) is 14.7. The Labute approximate surface area is 147 Å². The van der Waals surface area contributed by atoms with Crippen LogP contribution in [0, 0.1) is 5.92 Å². The van der Waals surface area contributed by atoms with Crippen molar-refractivity contribution in [3.05, 3.63) is 41.7 Å². The number of carbonyl (C=O) groups is 1. The molecule has 25 heavy (non-hydrogen) atoms. The summed E-state index contributed by atoms with van der Waals surface area (Å²) in [5.74, 6) is 1.80. The minimum absolute atomic E-state index is 0.171. The van der Waals surface area contributed by atoms with E-state index in [1.807, 2.05) is 19.2 Å². The molecular weight excluding hydrogens is 316 g/mol. The standard InChI is InChI=1S/C19H24N4O2/c1-23-11-14(10-21-23)22-19(24)16-7-13(5-6-18(16)25-2)15-8-17(15)20-9-12-3-4-12/h5-7,10-12,15,17,20H,3-4,8-9H2,1-2H3,(H,22,24)/t15-,17+/m0/s1. The molecule has 0 radical (unpaired) electrons. The van der Waals surface area contributed by atoms with Crippen LogP contribution in [0.4, 0.5) is 5.69 Å². The topological polar surface area (TPSA) is 68.2 Å². The maximum Gasteiger partial charge on any atom is 0.259 e. The molecule has 2 aliphatic rings. The Bertz CT molecular complexity index is 781. The van der Waals surface area contributed by atoms with Gasteiger partial charge in [0.2, 0.25) is 0 Å². The summed E-state index contributed by atoms with van der Waals surface area (Å²) in [5, 5.41) is 10.6. The Morgan fingerprint density at radius 1 is 1.40 bits per heavy atom. The van der Waals surface area contributed by atoms with E-state index >= 15 is 0 Å². The van der Waals surface area contributed by atoms with Crippen LogP contribution >= 0.6 is 0 Å². The second-order valence-electron chi connectivity index (χ2n) is 7.12. The lowest BCUT2D eigenvalue weighted by atomic mass is 10.0. The molecular formula is C19H24N4O2. The Kier molecular flexibility index (Phi) is 4.21. The van der Waals surface area contributed by atoms with Gasteiger partial charge in [-0.2, -0.15) is 5.10 Å². The van der Waals surface area contributed by atoms with Crippen molar-refractivity contribution in [1.29, 1.82) is 0 Å². The molecule has 0 saturated heterocycles. The summed E-state index contributed by atoms with van der Waals surface area (Å²) in [5.41, 5.74) is 2.44. The number of hydrogen-bond donors (Lipinski definition) is 2. The normalized spacial score (nSPS) is 21.8. The largest absolute Gasteiger partial charge is 0.496 e. The summed E-state index contributed by atoms with van der Waals surface area (Å²) in [6.45, 7) is 1.13. The molecule has 2 saturated carbocycles. The van der Waals surface area contributed by atoms with Crippen LogP contribution in [0.5, 0.6) is 5.75 Å². The van der Waals surface area contributed by atoms with E-state index < -0.39 is 0 Å². The van der Waals surface area contributed by atoms with Gasteiger partial charge in [-0.3, -0.25) is 9.48 Å². The first-order valence-electron chi connectivity index (χ1n) is 8.85. The van der Waals surface area contributed by atoms with E-state index in [1.54, 1.807) is 24.2 Å². The zero-order chi connectivity index (χ0) is 17.4. The lowest BCUT2D eigenvalue weighted by Crippen LogP contribution is -2.20. The highest BCUT2D eigenvalue weighted by molar-refractivity contribution is 6.06. The molecule has 2 N–H and O–H groups in total. The number of methoxy groups -OCH3 is 1. The highest BCUT2D eigenvalue weighted by atomic mass is 16.5. The number of hydrogen-bond acceptors (Lipinski definition) is 4. The average molecular weight is 340 g/mol. The predicted octanol–water partition coefficient (Wildman–Crippen LogP) is 2.54. The summed E-state index contributed by atoms with van der Waals surface area (Å²) < 4.78 is 7.04. The lowest BCUT2D eigenvalue weighted by molar-refractivity contribution is 0.102. The Morgan fingerprint density at radius 2 is 2.24 bits per heavy atom. The van der Waals surface area contributed by atoms with E-state index in [9.17, 15) is 4.79 Å². The molecule has 132 valence electrons. The van der Waals surface area contributed by atoms with Crippen molar-refractivity contribution in [2.45, 2.75) is 31.2 Å². The van der Waals surface area contributed by atoms with Crippen LogP contribution in [0.3, 0.4) is 0 Å². The fourth-order valence-electron chi connectivity index (χ4n) is 3.25. The minimum Gasteiger partial charge on any atom is -0.496 e. The highest BCUT2D eigenvalue weighted by Crippen LogP contribution is 2.42. The molecule has 2 aromatic rings. The number of aromatic nitrogens is 2. The van der Waals surface area contributed by atoms with Gasteiger partial charge in [0.25, 0.3) is 5.91 Å². The number of ether oxygens (including phenoxy) is 1. The van der Waals surface area contributed by atoms with Gasteiger partial charge in [0.15, 0.2) is 0 Å². The molecule has 6 heteroatoms. The molecule has 2 aliphatic carbocycles. The molecule has 2 fully saturated rings. The Morgan fingerprint density at radius 3 is 2.92 bits per heavy atom. The van der Waals surface area contributed by atoms with Crippen molar-refractivity contribution < 1.29 is 9.53 Å². The van der Waals surface area contributed by atoms with E-state index in [2.05, 4.69) is 21.8 Å². The van der Waals surface area contributed by atoms with Crippen molar-refractivity contribution in [1.82, 2.24) is 15.1 Å². The smallest absolute Gasteiger partial charge is 0.259 e. The quantitative estimate of drug-likeness (QED) is 0.813. The van der Waals surface area contributed by atoms with Crippen molar-refractivity contribution in [3.63, 3.8) is 0 Å². The molecule has 1 aromatic heterocycles. The maximum absolute atomic E-state index is 12.7. The van der Waals surface area contributed by atoms with Crippen LogP contribution in [-0.2, 0) is 7.05 Å². The van der Waals surface area contributed by atoms with E-state index in [1.165, 1.54) is 18.4 Å². The molecule has 1 aromatic carbocycles. The summed E-state index contributed by atoms with van der Waals surface area (Å²) >= 11 is 0. The summed E-state index contributed by atoms with van der Waals surface area (Å²) in [4.78, 5) is 12.7. The van der Waals surface area contributed by atoms with Crippen LogP contribution in [0.15, 0.2) is 30.6 Å².